The van der Waals surface area contributed by atoms with Crippen molar-refractivity contribution in [3.8, 4) is 0 Å². The summed E-state index contributed by atoms with van der Waals surface area (Å²) in [6.07, 6.45) is 1.60. The summed E-state index contributed by atoms with van der Waals surface area (Å²) in [6, 6.07) is 1.61. The lowest BCUT2D eigenvalue weighted by molar-refractivity contribution is -0.0280. The van der Waals surface area contributed by atoms with Crippen molar-refractivity contribution in [2.24, 2.45) is 0 Å². The zero-order valence-corrected chi connectivity index (χ0v) is 10.8. The zero-order chi connectivity index (χ0) is 12.5. The van der Waals surface area contributed by atoms with Gasteiger partial charge in [-0.15, -0.1) is 11.6 Å². The topological polar surface area (TPSA) is 25.4 Å². The van der Waals surface area contributed by atoms with E-state index in [1.807, 2.05) is 18.7 Å². The number of halogens is 2. The number of rotatable bonds is 2. The number of morpholine rings is 1. The third-order valence-corrected chi connectivity index (χ3v) is 3.11. The number of anilines is 1. The van der Waals surface area contributed by atoms with E-state index in [4.69, 9.17) is 16.3 Å². The van der Waals surface area contributed by atoms with Crippen LogP contribution in [0.2, 0.25) is 0 Å². The number of hydrogen-bond donors (Lipinski definition) is 0. The van der Waals surface area contributed by atoms with Gasteiger partial charge in [0.05, 0.1) is 18.1 Å². The minimum absolute atomic E-state index is 0.162. The van der Waals surface area contributed by atoms with E-state index in [2.05, 4.69) is 4.98 Å². The first-order valence-corrected chi connectivity index (χ1v) is 6.15. The Hall–Kier alpha value is -0.870. The highest BCUT2D eigenvalue weighted by Crippen LogP contribution is 2.25. The number of ether oxygens (including phenoxy) is 1. The van der Waals surface area contributed by atoms with Gasteiger partial charge in [-0.2, -0.15) is 0 Å². The second kappa shape index (κ2) is 4.78. The molecule has 0 radical (unpaired) electrons. The van der Waals surface area contributed by atoms with Gasteiger partial charge in [0.1, 0.15) is 0 Å². The molecule has 0 saturated carbocycles. The molecule has 0 N–H and O–H groups in total. The maximum Gasteiger partial charge on any atom is 0.170 e. The van der Waals surface area contributed by atoms with Gasteiger partial charge in [0.25, 0.3) is 0 Å². The molecule has 3 nitrogen and oxygen atoms in total. The van der Waals surface area contributed by atoms with Crippen LogP contribution in [0, 0.1) is 5.82 Å². The maximum atomic E-state index is 14.1. The molecule has 1 aliphatic rings. The molecule has 2 rings (SSSR count). The van der Waals surface area contributed by atoms with Gasteiger partial charge >= 0.3 is 0 Å². The van der Waals surface area contributed by atoms with Crippen molar-refractivity contribution in [2.45, 2.75) is 25.3 Å². The van der Waals surface area contributed by atoms with Crippen LogP contribution in [0.5, 0.6) is 0 Å². The molecule has 0 aliphatic carbocycles. The predicted octanol–water partition coefficient (Wildman–Crippen LogP) is 2.57. The number of aromatic nitrogens is 1. The lowest BCUT2D eigenvalue weighted by atomic mass is 10.1. The summed E-state index contributed by atoms with van der Waals surface area (Å²) in [6.45, 7) is 5.84. The highest BCUT2D eigenvalue weighted by molar-refractivity contribution is 6.17. The van der Waals surface area contributed by atoms with Crippen LogP contribution in [0.4, 0.5) is 10.2 Å². The Bertz CT molecular complexity index is 411. The number of pyridine rings is 1. The van der Waals surface area contributed by atoms with Gasteiger partial charge in [-0.1, -0.05) is 0 Å². The lowest BCUT2D eigenvalue weighted by Gasteiger charge is -2.38. The molecule has 0 bridgehead atoms. The molecule has 17 heavy (non-hydrogen) atoms. The average Bonchev–Trinajstić information content (AvgIpc) is 2.28. The smallest absolute Gasteiger partial charge is 0.170 e. The summed E-state index contributed by atoms with van der Waals surface area (Å²) >= 11 is 5.69. The maximum absolute atomic E-state index is 14.1. The van der Waals surface area contributed by atoms with Crippen LogP contribution < -0.4 is 4.90 Å². The van der Waals surface area contributed by atoms with Gasteiger partial charge in [-0.05, 0) is 19.9 Å². The molecule has 1 aromatic heterocycles. The third-order valence-electron chi connectivity index (χ3n) is 2.82. The fraction of sp³-hybridized carbons (Fsp3) is 0.583. The summed E-state index contributed by atoms with van der Waals surface area (Å²) in [5.74, 6) is 0.217. The second-order valence-electron chi connectivity index (χ2n) is 4.77. The van der Waals surface area contributed by atoms with E-state index >= 15 is 0 Å². The highest BCUT2D eigenvalue weighted by atomic mass is 35.5. The molecule has 94 valence electrons. The molecular formula is C12H16ClFN2O. The fourth-order valence-corrected chi connectivity index (χ4v) is 2.20. The van der Waals surface area contributed by atoms with E-state index < -0.39 is 0 Å². The molecule has 0 unspecified atom stereocenters. The Kier molecular flexibility index (Phi) is 3.54. The van der Waals surface area contributed by atoms with E-state index in [0.717, 1.165) is 0 Å². The standard InChI is InChI=1S/C12H16ClFN2O/c1-12(2)8-16(5-6-17-12)11-10(14)9(7-13)3-4-15-11/h3-4H,5-8H2,1-2H3. The molecule has 0 amide bonds. The third kappa shape index (κ3) is 2.69. The van der Waals surface area contributed by atoms with Crippen molar-refractivity contribution in [3.63, 3.8) is 0 Å². The lowest BCUT2D eigenvalue weighted by Crippen LogP contribution is -2.49. The zero-order valence-electron chi connectivity index (χ0n) is 10.0. The van der Waals surface area contributed by atoms with E-state index in [-0.39, 0.29) is 17.3 Å². The summed E-state index contributed by atoms with van der Waals surface area (Å²) in [4.78, 5) is 6.02. The molecule has 1 saturated heterocycles. The molecule has 0 atom stereocenters. The monoisotopic (exact) mass is 258 g/mol. The Morgan fingerprint density at radius 1 is 1.59 bits per heavy atom. The van der Waals surface area contributed by atoms with Crippen molar-refractivity contribution in [3.05, 3.63) is 23.6 Å². The molecule has 2 heterocycles. The highest BCUT2D eigenvalue weighted by Gasteiger charge is 2.29. The quantitative estimate of drug-likeness (QED) is 0.763. The van der Waals surface area contributed by atoms with Gasteiger partial charge in [0.2, 0.25) is 0 Å². The second-order valence-corrected chi connectivity index (χ2v) is 5.04. The first-order chi connectivity index (χ1) is 8.03. The largest absolute Gasteiger partial charge is 0.372 e. The minimum Gasteiger partial charge on any atom is -0.372 e. The minimum atomic E-state index is -0.319. The van der Waals surface area contributed by atoms with Crippen molar-refractivity contribution in [1.82, 2.24) is 4.98 Å². The Morgan fingerprint density at radius 3 is 3.00 bits per heavy atom. The first-order valence-electron chi connectivity index (χ1n) is 5.62. The predicted molar refractivity (Wildman–Crippen MR) is 66.0 cm³/mol. The Labute approximate surface area is 106 Å². The first kappa shape index (κ1) is 12.6. The van der Waals surface area contributed by atoms with E-state index in [1.165, 1.54) is 0 Å². The van der Waals surface area contributed by atoms with Gasteiger partial charge in [-0.25, -0.2) is 9.37 Å². The van der Waals surface area contributed by atoms with Crippen molar-refractivity contribution >= 4 is 17.4 Å². The summed E-state index contributed by atoms with van der Waals surface area (Å²) in [7, 11) is 0. The summed E-state index contributed by atoms with van der Waals surface area (Å²) in [5, 5.41) is 0. The number of alkyl halides is 1. The van der Waals surface area contributed by atoms with E-state index in [1.54, 1.807) is 12.3 Å². The normalized spacial score (nSPS) is 19.4. The van der Waals surface area contributed by atoms with Gasteiger partial charge in [0, 0.05) is 24.8 Å². The molecule has 5 heteroatoms. The number of hydrogen-bond acceptors (Lipinski definition) is 3. The van der Waals surface area contributed by atoms with Crippen LogP contribution >= 0.6 is 11.6 Å². The Balaban J connectivity index is 2.28. The number of nitrogens with zero attached hydrogens (tertiary/aromatic N) is 2. The van der Waals surface area contributed by atoms with E-state index in [0.29, 0.717) is 31.1 Å². The van der Waals surface area contributed by atoms with Crippen LogP contribution in [-0.4, -0.2) is 30.3 Å². The van der Waals surface area contributed by atoms with E-state index in [9.17, 15) is 4.39 Å². The molecule has 0 aromatic carbocycles. The van der Waals surface area contributed by atoms with Crippen LogP contribution in [0.1, 0.15) is 19.4 Å². The van der Waals surface area contributed by atoms with Crippen LogP contribution in [0.25, 0.3) is 0 Å². The molecule has 0 spiro atoms. The molecule has 1 aromatic rings. The SMILES string of the molecule is CC1(C)CN(c2nccc(CCl)c2F)CCO1. The van der Waals surface area contributed by atoms with Crippen LogP contribution in [0.15, 0.2) is 12.3 Å². The van der Waals surface area contributed by atoms with Gasteiger partial charge in [0.15, 0.2) is 11.6 Å². The average molecular weight is 259 g/mol. The molecular weight excluding hydrogens is 243 g/mol. The molecule has 1 fully saturated rings. The molecule has 1 aliphatic heterocycles. The summed E-state index contributed by atoms with van der Waals surface area (Å²) < 4.78 is 19.7. The fourth-order valence-electron chi connectivity index (χ4n) is 1.99. The van der Waals surface area contributed by atoms with Crippen molar-refractivity contribution in [1.29, 1.82) is 0 Å². The van der Waals surface area contributed by atoms with Gasteiger partial charge in [-0.3, -0.25) is 0 Å². The summed E-state index contributed by atoms with van der Waals surface area (Å²) in [5.41, 5.74) is 0.213. The van der Waals surface area contributed by atoms with Crippen molar-refractivity contribution in [2.75, 3.05) is 24.6 Å². The van der Waals surface area contributed by atoms with Crippen molar-refractivity contribution < 1.29 is 9.13 Å². The van der Waals surface area contributed by atoms with Gasteiger partial charge < -0.3 is 9.64 Å². The Morgan fingerprint density at radius 2 is 2.35 bits per heavy atom. The van der Waals surface area contributed by atoms with Crippen LogP contribution in [-0.2, 0) is 10.6 Å². The van der Waals surface area contributed by atoms with Crippen LogP contribution in [0.3, 0.4) is 0 Å².